The Hall–Kier alpha value is -0.210. The fourth-order valence-corrected chi connectivity index (χ4v) is 5.05. The molecule has 0 bridgehead atoms. The fourth-order valence-electron chi connectivity index (χ4n) is 1.81. The summed E-state index contributed by atoms with van der Waals surface area (Å²) in [5.41, 5.74) is 0.898. The molecule has 0 unspecified atom stereocenters. The Labute approximate surface area is 149 Å². The molecule has 0 saturated heterocycles. The molecule has 0 aliphatic carbocycles. The third kappa shape index (κ3) is 4.39. The van der Waals surface area contributed by atoms with Gasteiger partial charge in [-0.15, -0.1) is 0 Å². The summed E-state index contributed by atoms with van der Waals surface area (Å²) in [6.45, 7) is 1.81. The monoisotopic (exact) mass is 495 g/mol. The molecule has 0 saturated carbocycles. The van der Waals surface area contributed by atoms with E-state index in [1.165, 1.54) is 0 Å². The van der Waals surface area contributed by atoms with Crippen LogP contribution in [0, 0.1) is 0 Å². The minimum Gasteiger partial charge on any atom is -0.207 e. The lowest BCUT2D eigenvalue weighted by atomic mass is 10.1. The molecule has 1 N–H and O–H groups in total. The molecule has 0 amide bonds. The lowest BCUT2D eigenvalue weighted by molar-refractivity contribution is 0.566. The molecule has 3 nitrogen and oxygen atoms in total. The van der Waals surface area contributed by atoms with Crippen LogP contribution in [-0.2, 0) is 10.0 Å². The van der Waals surface area contributed by atoms with Crippen molar-refractivity contribution >= 4 is 57.8 Å². The second-order valence-electron chi connectivity index (χ2n) is 4.47. The van der Waals surface area contributed by atoms with Crippen molar-refractivity contribution in [3.05, 3.63) is 61.4 Å². The lowest BCUT2D eigenvalue weighted by Crippen LogP contribution is -2.27. The van der Waals surface area contributed by atoms with Crippen molar-refractivity contribution in [2.24, 2.45) is 0 Å². The van der Waals surface area contributed by atoms with E-state index in [0.717, 1.165) is 14.5 Å². The Morgan fingerprint density at radius 3 is 2.10 bits per heavy atom. The third-order valence-electron chi connectivity index (χ3n) is 2.89. The van der Waals surface area contributed by atoms with E-state index in [9.17, 15) is 8.42 Å². The second kappa shape index (κ2) is 6.91. The summed E-state index contributed by atoms with van der Waals surface area (Å²) >= 11 is 9.95. The average molecular weight is 498 g/mol. The van der Waals surface area contributed by atoms with Gasteiger partial charge in [0.05, 0.1) is 4.90 Å². The van der Waals surface area contributed by atoms with Gasteiger partial charge in [-0.25, -0.2) is 13.1 Å². The van der Waals surface area contributed by atoms with Crippen LogP contribution in [0.4, 0.5) is 0 Å². The molecule has 0 spiro atoms. The van der Waals surface area contributed by atoms with Crippen LogP contribution in [0.15, 0.2) is 60.8 Å². The molecule has 0 fully saturated rings. The Balaban J connectivity index is 2.26. The molecule has 0 radical (unpaired) electrons. The van der Waals surface area contributed by atoms with E-state index >= 15 is 0 Å². The highest BCUT2D eigenvalue weighted by atomic mass is 79.9. The highest BCUT2D eigenvalue weighted by molar-refractivity contribution is 9.11. The molecule has 0 aliphatic heterocycles. The van der Waals surface area contributed by atoms with Gasteiger partial charge in [-0.1, -0.05) is 44.0 Å². The highest BCUT2D eigenvalue weighted by Gasteiger charge is 2.21. The number of nitrogens with one attached hydrogen (secondary N) is 1. The van der Waals surface area contributed by atoms with Crippen molar-refractivity contribution in [3.8, 4) is 0 Å². The van der Waals surface area contributed by atoms with Crippen molar-refractivity contribution in [1.82, 2.24) is 4.72 Å². The molecule has 2 aromatic carbocycles. The number of benzene rings is 2. The second-order valence-corrected chi connectivity index (χ2v) is 8.84. The van der Waals surface area contributed by atoms with E-state index in [0.29, 0.717) is 4.47 Å². The first kappa shape index (κ1) is 17.1. The van der Waals surface area contributed by atoms with Crippen LogP contribution < -0.4 is 4.72 Å². The molecule has 21 heavy (non-hydrogen) atoms. The molecule has 112 valence electrons. The Morgan fingerprint density at radius 2 is 1.52 bits per heavy atom. The summed E-state index contributed by atoms with van der Waals surface area (Å²) in [6.07, 6.45) is 0. The van der Waals surface area contributed by atoms with Crippen molar-refractivity contribution in [3.63, 3.8) is 0 Å². The summed E-state index contributed by atoms with van der Waals surface area (Å²) in [6, 6.07) is 12.2. The number of halogens is 3. The van der Waals surface area contributed by atoms with E-state index in [1.807, 2.05) is 31.2 Å². The maximum Gasteiger partial charge on any atom is 0.242 e. The number of hydrogen-bond donors (Lipinski definition) is 1. The smallest absolute Gasteiger partial charge is 0.207 e. The first-order valence-electron chi connectivity index (χ1n) is 6.02. The van der Waals surface area contributed by atoms with E-state index in [-0.39, 0.29) is 10.9 Å². The van der Waals surface area contributed by atoms with Crippen LogP contribution >= 0.6 is 47.8 Å². The normalized spacial score (nSPS) is 13.1. The molecule has 7 heteroatoms. The molecule has 0 aromatic heterocycles. The van der Waals surface area contributed by atoms with E-state index in [2.05, 4.69) is 52.5 Å². The van der Waals surface area contributed by atoms with Crippen LogP contribution in [0.2, 0.25) is 0 Å². The summed E-state index contributed by atoms with van der Waals surface area (Å²) in [7, 11) is -3.59. The van der Waals surface area contributed by atoms with E-state index < -0.39 is 10.0 Å². The molecule has 1 atom stereocenters. The number of hydrogen-bond acceptors (Lipinski definition) is 2. The van der Waals surface area contributed by atoms with Gasteiger partial charge >= 0.3 is 0 Å². The molecular formula is C14H12Br3NO2S. The SMILES string of the molecule is C[C@H](NS(=O)(=O)c1ccc(Br)cc1Br)c1ccc(Br)cc1. The van der Waals surface area contributed by atoms with Crippen LogP contribution in [0.1, 0.15) is 18.5 Å². The largest absolute Gasteiger partial charge is 0.242 e. The number of rotatable bonds is 4. The van der Waals surface area contributed by atoms with E-state index in [4.69, 9.17) is 0 Å². The molecule has 2 rings (SSSR count). The fraction of sp³-hybridized carbons (Fsp3) is 0.143. The van der Waals surface area contributed by atoms with Crippen molar-refractivity contribution in [2.45, 2.75) is 17.9 Å². The summed E-state index contributed by atoms with van der Waals surface area (Å²) in [4.78, 5) is 0.217. The van der Waals surface area contributed by atoms with Crippen LogP contribution in [-0.4, -0.2) is 8.42 Å². The Morgan fingerprint density at radius 1 is 0.952 bits per heavy atom. The minimum atomic E-state index is -3.59. The first-order valence-corrected chi connectivity index (χ1v) is 9.88. The van der Waals surface area contributed by atoms with Crippen LogP contribution in [0.5, 0.6) is 0 Å². The average Bonchev–Trinajstić information content (AvgIpc) is 2.38. The van der Waals surface area contributed by atoms with E-state index in [1.54, 1.807) is 18.2 Å². The van der Waals surface area contributed by atoms with Gasteiger partial charge in [0.1, 0.15) is 0 Å². The quantitative estimate of drug-likeness (QED) is 0.645. The van der Waals surface area contributed by atoms with Gasteiger partial charge in [0, 0.05) is 19.5 Å². The lowest BCUT2D eigenvalue weighted by Gasteiger charge is -2.15. The Kier molecular flexibility index (Phi) is 5.65. The van der Waals surface area contributed by atoms with Crippen molar-refractivity contribution in [1.29, 1.82) is 0 Å². The maximum atomic E-state index is 12.4. The highest BCUT2D eigenvalue weighted by Crippen LogP contribution is 2.27. The standard InChI is InChI=1S/C14H12Br3NO2S/c1-9(10-2-4-11(15)5-3-10)18-21(19,20)14-7-6-12(16)8-13(14)17/h2-9,18H,1H3/t9-/m0/s1. The van der Waals surface area contributed by atoms with Gasteiger partial charge in [-0.05, 0) is 58.7 Å². The zero-order valence-corrected chi connectivity index (χ0v) is 16.6. The summed E-state index contributed by atoms with van der Waals surface area (Å²) < 4.78 is 29.9. The van der Waals surface area contributed by atoms with Crippen LogP contribution in [0.25, 0.3) is 0 Å². The molecule has 2 aromatic rings. The van der Waals surface area contributed by atoms with Gasteiger partial charge in [0.15, 0.2) is 0 Å². The van der Waals surface area contributed by atoms with Gasteiger partial charge in [-0.2, -0.15) is 0 Å². The molecule has 0 heterocycles. The first-order chi connectivity index (χ1) is 9.79. The zero-order chi connectivity index (χ0) is 15.6. The van der Waals surface area contributed by atoms with Gasteiger partial charge in [-0.3, -0.25) is 0 Å². The summed E-state index contributed by atoms with van der Waals surface area (Å²) in [5.74, 6) is 0. The molecule has 0 aliphatic rings. The topological polar surface area (TPSA) is 46.2 Å². The Bertz CT molecular complexity index is 745. The van der Waals surface area contributed by atoms with Gasteiger partial charge in [0.2, 0.25) is 10.0 Å². The van der Waals surface area contributed by atoms with Gasteiger partial charge in [0.25, 0.3) is 0 Å². The minimum absolute atomic E-state index is 0.217. The molecular weight excluding hydrogens is 486 g/mol. The zero-order valence-electron chi connectivity index (χ0n) is 11.0. The third-order valence-corrected chi connectivity index (χ3v) is 6.42. The van der Waals surface area contributed by atoms with Gasteiger partial charge < -0.3 is 0 Å². The maximum absolute atomic E-state index is 12.4. The summed E-state index contributed by atoms with van der Waals surface area (Å²) in [5, 5.41) is 0. The predicted octanol–water partition coefficient (Wildman–Crippen LogP) is 5.01. The number of sulfonamides is 1. The van der Waals surface area contributed by atoms with Crippen LogP contribution in [0.3, 0.4) is 0 Å². The predicted molar refractivity (Wildman–Crippen MR) is 94.7 cm³/mol. The van der Waals surface area contributed by atoms with Crippen molar-refractivity contribution in [2.75, 3.05) is 0 Å². The van der Waals surface area contributed by atoms with Crippen molar-refractivity contribution < 1.29 is 8.42 Å².